The van der Waals surface area contributed by atoms with Crippen LogP contribution in [0.15, 0.2) is 30.7 Å². The van der Waals surface area contributed by atoms with Crippen molar-refractivity contribution in [2.45, 2.75) is 63.6 Å². The van der Waals surface area contributed by atoms with E-state index in [-0.39, 0.29) is 12.0 Å². The third kappa shape index (κ3) is 4.53. The highest BCUT2D eigenvalue weighted by Gasteiger charge is 2.26. The van der Waals surface area contributed by atoms with E-state index in [1.54, 1.807) is 12.4 Å². The number of carbonyl (C=O) groups is 1. The minimum Gasteiger partial charge on any atom is -0.376 e. The first-order chi connectivity index (χ1) is 13.3. The third-order valence-electron chi connectivity index (χ3n) is 5.54. The predicted molar refractivity (Wildman–Crippen MR) is 100 cm³/mol. The number of hydrogen-bond donors (Lipinski definition) is 0. The molecule has 1 saturated heterocycles. The van der Waals surface area contributed by atoms with Crippen molar-refractivity contribution in [2.24, 2.45) is 0 Å². The van der Waals surface area contributed by atoms with Crippen molar-refractivity contribution in [1.29, 1.82) is 0 Å². The number of amides is 1. The van der Waals surface area contributed by atoms with E-state index >= 15 is 0 Å². The second kappa shape index (κ2) is 8.61. The van der Waals surface area contributed by atoms with E-state index in [2.05, 4.69) is 15.3 Å². The summed E-state index contributed by atoms with van der Waals surface area (Å²) in [5.74, 6) is -0.0793. The maximum Gasteiger partial charge on any atom is 0.276 e. The summed E-state index contributed by atoms with van der Waals surface area (Å²) >= 11 is 0. The minimum absolute atomic E-state index is 0.0793. The first-order valence-electron chi connectivity index (χ1n) is 10.0. The molecule has 2 aliphatic rings. The van der Waals surface area contributed by atoms with E-state index in [9.17, 15) is 4.79 Å². The Labute approximate surface area is 159 Å². The summed E-state index contributed by atoms with van der Waals surface area (Å²) in [5.41, 5.74) is 1.48. The molecule has 7 nitrogen and oxygen atoms in total. The van der Waals surface area contributed by atoms with Crippen LogP contribution in [0.25, 0.3) is 0 Å². The van der Waals surface area contributed by atoms with E-state index in [0.29, 0.717) is 24.8 Å². The van der Waals surface area contributed by atoms with Crippen LogP contribution < -0.4 is 0 Å². The second-order valence-corrected chi connectivity index (χ2v) is 7.55. The van der Waals surface area contributed by atoms with Crippen molar-refractivity contribution in [1.82, 2.24) is 24.9 Å². The van der Waals surface area contributed by atoms with Gasteiger partial charge >= 0.3 is 0 Å². The molecule has 1 saturated carbocycles. The van der Waals surface area contributed by atoms with Crippen molar-refractivity contribution in [3.05, 3.63) is 42.0 Å². The number of carbonyl (C=O) groups excluding carboxylic acids is 1. The molecule has 2 aromatic heterocycles. The van der Waals surface area contributed by atoms with Gasteiger partial charge in [0.2, 0.25) is 0 Å². The lowest BCUT2D eigenvalue weighted by atomic mass is 9.96. The first-order valence-corrected chi connectivity index (χ1v) is 10.0. The van der Waals surface area contributed by atoms with Crippen LogP contribution in [0.2, 0.25) is 0 Å². The Morgan fingerprint density at radius 1 is 1.15 bits per heavy atom. The average molecular weight is 369 g/mol. The summed E-state index contributed by atoms with van der Waals surface area (Å²) in [6, 6.07) is 4.25. The van der Waals surface area contributed by atoms with Gasteiger partial charge in [0, 0.05) is 32.1 Å². The Bertz CT molecular complexity index is 736. The first kappa shape index (κ1) is 18.1. The lowest BCUT2D eigenvalue weighted by Crippen LogP contribution is -2.37. The zero-order chi connectivity index (χ0) is 18.5. The van der Waals surface area contributed by atoms with Crippen LogP contribution in [0.1, 0.15) is 67.0 Å². The fraction of sp³-hybridized carbons (Fsp3) is 0.600. The lowest BCUT2D eigenvalue weighted by molar-refractivity contribution is 0.0502. The number of aromatic nitrogens is 4. The van der Waals surface area contributed by atoms with Gasteiger partial charge in [0.05, 0.1) is 18.3 Å². The van der Waals surface area contributed by atoms with E-state index in [0.717, 1.165) is 37.9 Å². The molecule has 1 aliphatic carbocycles. The monoisotopic (exact) mass is 369 g/mol. The number of nitrogens with zero attached hydrogens (tertiary/aromatic N) is 5. The van der Waals surface area contributed by atoms with Crippen LogP contribution in [0.5, 0.6) is 0 Å². The molecule has 2 fully saturated rings. The maximum absolute atomic E-state index is 13.2. The van der Waals surface area contributed by atoms with Gasteiger partial charge in [0.25, 0.3) is 5.91 Å². The Morgan fingerprint density at radius 2 is 1.96 bits per heavy atom. The summed E-state index contributed by atoms with van der Waals surface area (Å²) in [7, 11) is 0. The molecule has 144 valence electrons. The number of rotatable bonds is 6. The van der Waals surface area contributed by atoms with Gasteiger partial charge in [-0.1, -0.05) is 24.5 Å². The highest BCUT2D eigenvalue weighted by atomic mass is 16.5. The molecular formula is C20H27N5O2. The van der Waals surface area contributed by atoms with Crippen molar-refractivity contribution in [3.63, 3.8) is 0 Å². The van der Waals surface area contributed by atoms with Gasteiger partial charge < -0.3 is 9.64 Å². The molecule has 1 amide bonds. The van der Waals surface area contributed by atoms with Crippen LogP contribution in [-0.2, 0) is 11.3 Å². The molecule has 0 spiro atoms. The van der Waals surface area contributed by atoms with Gasteiger partial charge in [0.1, 0.15) is 0 Å². The molecular weight excluding hydrogens is 342 g/mol. The molecule has 4 rings (SSSR count). The lowest BCUT2D eigenvalue weighted by Gasteiger charge is -2.25. The Balaban J connectivity index is 1.49. The summed E-state index contributed by atoms with van der Waals surface area (Å²) in [6.45, 7) is 1.88. The summed E-state index contributed by atoms with van der Waals surface area (Å²) < 4.78 is 7.65. The topological polar surface area (TPSA) is 73.1 Å². The zero-order valence-electron chi connectivity index (χ0n) is 15.7. The number of ether oxygens (including phenoxy) is 1. The van der Waals surface area contributed by atoms with Gasteiger partial charge in [-0.2, -0.15) is 0 Å². The molecule has 27 heavy (non-hydrogen) atoms. The fourth-order valence-electron chi connectivity index (χ4n) is 4.02. The van der Waals surface area contributed by atoms with Gasteiger partial charge in [-0.3, -0.25) is 9.78 Å². The quantitative estimate of drug-likeness (QED) is 0.783. The van der Waals surface area contributed by atoms with E-state index < -0.39 is 0 Å². The maximum atomic E-state index is 13.2. The van der Waals surface area contributed by atoms with Crippen LogP contribution in [0, 0.1) is 0 Å². The Hall–Kier alpha value is -2.28. The molecule has 0 aromatic carbocycles. The van der Waals surface area contributed by atoms with Crippen LogP contribution in [0.4, 0.5) is 0 Å². The molecule has 1 atom stereocenters. The van der Waals surface area contributed by atoms with Crippen LogP contribution >= 0.6 is 0 Å². The van der Waals surface area contributed by atoms with Gasteiger partial charge in [-0.05, 0) is 43.4 Å². The Kier molecular flexibility index (Phi) is 5.77. The number of pyridine rings is 1. The van der Waals surface area contributed by atoms with E-state index in [1.165, 1.54) is 19.3 Å². The minimum atomic E-state index is -0.0793. The third-order valence-corrected chi connectivity index (χ3v) is 5.54. The smallest absolute Gasteiger partial charge is 0.276 e. The molecule has 1 aliphatic heterocycles. The van der Waals surface area contributed by atoms with E-state index in [4.69, 9.17) is 4.74 Å². The SMILES string of the molecule is O=C(c1cn(C2CCCCC2)nn1)N(Cc1ccncc1)C[C@@H]1CCCO1. The molecule has 0 radical (unpaired) electrons. The van der Waals surface area contributed by atoms with E-state index in [1.807, 2.05) is 27.9 Å². The predicted octanol–water partition coefficient (Wildman–Crippen LogP) is 3.00. The molecule has 3 heterocycles. The van der Waals surface area contributed by atoms with Crippen molar-refractivity contribution in [3.8, 4) is 0 Å². The molecule has 2 aromatic rings. The Morgan fingerprint density at radius 3 is 2.70 bits per heavy atom. The zero-order valence-corrected chi connectivity index (χ0v) is 15.7. The van der Waals surface area contributed by atoms with Crippen molar-refractivity contribution >= 4 is 5.91 Å². The standard InChI is InChI=1S/C20H27N5O2/c26-20(19-15-25(23-22-19)17-5-2-1-3-6-17)24(14-18-7-4-12-27-18)13-16-8-10-21-11-9-16/h8-11,15,17-18H,1-7,12-14H2/t18-/m0/s1. The highest BCUT2D eigenvalue weighted by Crippen LogP contribution is 2.27. The van der Waals surface area contributed by atoms with Gasteiger partial charge in [0.15, 0.2) is 5.69 Å². The summed E-state index contributed by atoms with van der Waals surface area (Å²) in [6.07, 6.45) is 13.5. The summed E-state index contributed by atoms with van der Waals surface area (Å²) in [5, 5.41) is 8.46. The van der Waals surface area contributed by atoms with Crippen molar-refractivity contribution < 1.29 is 9.53 Å². The summed E-state index contributed by atoms with van der Waals surface area (Å²) in [4.78, 5) is 19.1. The fourth-order valence-corrected chi connectivity index (χ4v) is 4.02. The second-order valence-electron chi connectivity index (χ2n) is 7.55. The van der Waals surface area contributed by atoms with Gasteiger partial charge in [-0.25, -0.2) is 4.68 Å². The molecule has 0 unspecified atom stereocenters. The normalized spacial score (nSPS) is 20.7. The van der Waals surface area contributed by atoms with Crippen LogP contribution in [0.3, 0.4) is 0 Å². The van der Waals surface area contributed by atoms with Crippen molar-refractivity contribution in [2.75, 3.05) is 13.2 Å². The molecule has 7 heteroatoms. The number of hydrogen-bond acceptors (Lipinski definition) is 5. The highest BCUT2D eigenvalue weighted by molar-refractivity contribution is 5.91. The average Bonchev–Trinajstić information content (AvgIpc) is 3.41. The molecule has 0 N–H and O–H groups in total. The largest absolute Gasteiger partial charge is 0.376 e. The van der Waals surface area contributed by atoms with Crippen LogP contribution in [-0.4, -0.2) is 50.0 Å². The molecule has 0 bridgehead atoms. The van der Waals surface area contributed by atoms with Gasteiger partial charge in [-0.15, -0.1) is 5.10 Å².